The molecule has 0 bridgehead atoms. The van der Waals surface area contributed by atoms with E-state index in [0.717, 1.165) is 18.4 Å². The molecule has 0 radical (unpaired) electrons. The molecule has 0 aliphatic heterocycles. The molecule has 1 unspecified atom stereocenters. The van der Waals surface area contributed by atoms with Gasteiger partial charge in [0.15, 0.2) is 10.9 Å². The van der Waals surface area contributed by atoms with Crippen molar-refractivity contribution in [3.8, 4) is 0 Å². The average molecular weight is 407 g/mol. The number of nitrogens with one attached hydrogen (secondary N) is 1. The summed E-state index contributed by atoms with van der Waals surface area (Å²) in [7, 11) is 1.85. The normalized spacial score (nSPS) is 19.9. The van der Waals surface area contributed by atoms with Crippen LogP contribution in [0, 0.1) is 0 Å². The molecule has 0 aromatic heterocycles. The Kier molecular flexibility index (Phi) is 5.86. The largest absolute Gasteiger partial charge is 0.335 e. The molecule has 1 atom stereocenters. The maximum atomic E-state index is 13.1. The van der Waals surface area contributed by atoms with E-state index in [2.05, 4.69) is 5.32 Å². The number of nitrogens with zero attached hydrogens (tertiary/aromatic N) is 1. The van der Waals surface area contributed by atoms with Crippen LogP contribution in [-0.4, -0.2) is 22.8 Å². The Morgan fingerprint density at radius 1 is 1.08 bits per heavy atom. The van der Waals surface area contributed by atoms with Crippen LogP contribution in [0.2, 0.25) is 10.0 Å². The first-order valence-electron chi connectivity index (χ1n) is 8.54. The minimum atomic E-state index is -0.859. The monoisotopic (exact) mass is 406 g/mol. The van der Waals surface area contributed by atoms with Crippen LogP contribution in [0.4, 0.5) is 5.69 Å². The molecule has 2 aromatic rings. The Morgan fingerprint density at radius 3 is 2.38 bits per heavy atom. The first-order chi connectivity index (χ1) is 12.5. The van der Waals surface area contributed by atoms with Crippen LogP contribution in [0.1, 0.15) is 31.2 Å². The Hall–Kier alpha value is -1.62. The van der Waals surface area contributed by atoms with Gasteiger partial charge < -0.3 is 10.2 Å². The zero-order chi connectivity index (χ0) is 18.7. The van der Waals surface area contributed by atoms with Crippen molar-refractivity contribution < 1.29 is 4.79 Å². The van der Waals surface area contributed by atoms with Gasteiger partial charge >= 0.3 is 0 Å². The summed E-state index contributed by atoms with van der Waals surface area (Å²) in [5.74, 6) is 0.141. The number of ketones is 1. The van der Waals surface area contributed by atoms with E-state index in [4.69, 9.17) is 35.4 Å². The lowest BCUT2D eigenvalue weighted by molar-refractivity contribution is -0.131. The third-order valence-corrected chi connectivity index (χ3v) is 6.00. The maximum Gasteiger partial charge on any atom is 0.174 e. The predicted molar refractivity (Wildman–Crippen MR) is 112 cm³/mol. The lowest BCUT2D eigenvalue weighted by atomic mass is 9.74. The fourth-order valence-corrected chi connectivity index (χ4v) is 4.31. The molecule has 26 heavy (non-hydrogen) atoms. The van der Waals surface area contributed by atoms with Gasteiger partial charge in [0.1, 0.15) is 5.54 Å². The van der Waals surface area contributed by atoms with Crippen LogP contribution >= 0.6 is 35.4 Å². The zero-order valence-electron chi connectivity index (χ0n) is 14.5. The van der Waals surface area contributed by atoms with Gasteiger partial charge in [0, 0.05) is 24.1 Å². The first-order valence-corrected chi connectivity index (χ1v) is 9.71. The van der Waals surface area contributed by atoms with E-state index in [9.17, 15) is 4.79 Å². The van der Waals surface area contributed by atoms with E-state index in [0.29, 0.717) is 33.7 Å². The Labute approximate surface area is 169 Å². The number of benzene rings is 2. The molecule has 1 aliphatic rings. The minimum Gasteiger partial charge on any atom is -0.335 e. The Balaban J connectivity index is 1.99. The standard InChI is InChI=1S/C20H20Cl2N2OS/c1-24(19(26)23-17-11-5-4-10-16(17)22)20(13-7-6-12-18(20)25)14-8-2-3-9-15(14)21/h2-5,8-11H,6-7,12-13H2,1H3,(H,23,26). The van der Waals surface area contributed by atoms with Crippen molar-refractivity contribution in [3.63, 3.8) is 0 Å². The quantitative estimate of drug-likeness (QED) is 0.666. The van der Waals surface area contributed by atoms with E-state index in [1.54, 1.807) is 6.07 Å². The van der Waals surface area contributed by atoms with Gasteiger partial charge in [-0.25, -0.2) is 0 Å². The highest BCUT2D eigenvalue weighted by Gasteiger charge is 2.47. The summed E-state index contributed by atoms with van der Waals surface area (Å²) in [6.45, 7) is 0. The molecule has 6 heteroatoms. The van der Waals surface area contributed by atoms with Gasteiger partial charge in [0.25, 0.3) is 0 Å². The molecule has 0 heterocycles. The second-order valence-electron chi connectivity index (χ2n) is 6.44. The highest BCUT2D eigenvalue weighted by Crippen LogP contribution is 2.42. The highest BCUT2D eigenvalue weighted by atomic mass is 35.5. The Bertz CT molecular complexity index is 842. The SMILES string of the molecule is CN(C(=S)Nc1ccccc1Cl)C1(c2ccccc2Cl)CCCCC1=O. The lowest BCUT2D eigenvalue weighted by Gasteiger charge is -2.45. The van der Waals surface area contributed by atoms with E-state index in [-0.39, 0.29) is 5.78 Å². The zero-order valence-corrected chi connectivity index (χ0v) is 16.8. The predicted octanol–water partition coefficient (Wildman–Crippen LogP) is 5.66. The third-order valence-electron chi connectivity index (χ3n) is 4.97. The second-order valence-corrected chi connectivity index (χ2v) is 7.64. The summed E-state index contributed by atoms with van der Waals surface area (Å²) in [5.41, 5.74) is 0.655. The molecule has 3 rings (SSSR count). The summed E-state index contributed by atoms with van der Waals surface area (Å²) in [5, 5.41) is 4.76. The number of anilines is 1. The summed E-state index contributed by atoms with van der Waals surface area (Å²) in [6, 6.07) is 14.9. The summed E-state index contributed by atoms with van der Waals surface area (Å²) in [6.07, 6.45) is 3.03. The smallest absolute Gasteiger partial charge is 0.174 e. The fourth-order valence-electron chi connectivity index (χ4n) is 3.56. The number of thiocarbonyl (C=S) groups is 1. The molecule has 0 saturated heterocycles. The van der Waals surface area contributed by atoms with Crippen molar-refractivity contribution in [2.45, 2.75) is 31.2 Å². The molecule has 1 N–H and O–H groups in total. The van der Waals surface area contributed by atoms with Gasteiger partial charge in [-0.1, -0.05) is 53.5 Å². The minimum absolute atomic E-state index is 0.141. The van der Waals surface area contributed by atoms with Crippen LogP contribution in [0.3, 0.4) is 0 Å². The van der Waals surface area contributed by atoms with Crippen LogP contribution in [-0.2, 0) is 10.3 Å². The summed E-state index contributed by atoms with van der Waals surface area (Å²) >= 11 is 18.3. The van der Waals surface area contributed by atoms with Crippen molar-refractivity contribution in [2.75, 3.05) is 12.4 Å². The number of Topliss-reactive ketones (excluding diaryl/α,β-unsaturated/α-hetero) is 1. The fraction of sp³-hybridized carbons (Fsp3) is 0.300. The second kappa shape index (κ2) is 7.95. The highest BCUT2D eigenvalue weighted by molar-refractivity contribution is 7.80. The number of halogens is 2. The molecule has 3 nitrogen and oxygen atoms in total. The number of likely N-dealkylation sites (N-methyl/N-ethyl adjacent to an activating group) is 1. The molecule has 1 saturated carbocycles. The molecule has 136 valence electrons. The molecular formula is C20H20Cl2N2OS. The molecule has 0 amide bonds. The average Bonchev–Trinajstić information content (AvgIpc) is 2.64. The van der Waals surface area contributed by atoms with E-state index < -0.39 is 5.54 Å². The van der Waals surface area contributed by atoms with Gasteiger partial charge in [-0.15, -0.1) is 0 Å². The van der Waals surface area contributed by atoms with Crippen LogP contribution in [0.15, 0.2) is 48.5 Å². The molecule has 0 spiro atoms. The van der Waals surface area contributed by atoms with Gasteiger partial charge in [-0.2, -0.15) is 0 Å². The Morgan fingerprint density at radius 2 is 1.73 bits per heavy atom. The molecule has 1 fully saturated rings. The summed E-state index contributed by atoms with van der Waals surface area (Å²) in [4.78, 5) is 15.0. The molecule has 2 aromatic carbocycles. The van der Waals surface area contributed by atoms with Crippen molar-refractivity contribution in [3.05, 3.63) is 64.1 Å². The number of carbonyl (C=O) groups excluding carboxylic acids is 1. The number of hydrogen-bond donors (Lipinski definition) is 1. The number of para-hydroxylation sites is 1. The summed E-state index contributed by atoms with van der Waals surface area (Å²) < 4.78 is 0. The number of hydrogen-bond acceptors (Lipinski definition) is 2. The first kappa shape index (κ1) is 19.2. The van der Waals surface area contributed by atoms with Crippen LogP contribution in [0.25, 0.3) is 0 Å². The van der Waals surface area contributed by atoms with Gasteiger partial charge in [-0.3, -0.25) is 4.79 Å². The molecular weight excluding hydrogens is 387 g/mol. The lowest BCUT2D eigenvalue weighted by Crippen LogP contribution is -2.55. The van der Waals surface area contributed by atoms with Gasteiger partial charge in [0.2, 0.25) is 0 Å². The van der Waals surface area contributed by atoms with E-state index >= 15 is 0 Å². The van der Waals surface area contributed by atoms with Crippen molar-refractivity contribution >= 4 is 52.0 Å². The van der Waals surface area contributed by atoms with Crippen molar-refractivity contribution in [1.29, 1.82) is 0 Å². The van der Waals surface area contributed by atoms with Crippen molar-refractivity contribution in [1.82, 2.24) is 4.90 Å². The topological polar surface area (TPSA) is 32.3 Å². The van der Waals surface area contributed by atoms with Crippen molar-refractivity contribution in [2.24, 2.45) is 0 Å². The van der Waals surface area contributed by atoms with Gasteiger partial charge in [0.05, 0.1) is 10.7 Å². The molecule has 1 aliphatic carbocycles. The number of rotatable bonds is 3. The van der Waals surface area contributed by atoms with Crippen LogP contribution < -0.4 is 5.32 Å². The van der Waals surface area contributed by atoms with E-state index in [1.165, 1.54) is 0 Å². The van der Waals surface area contributed by atoms with Gasteiger partial charge in [-0.05, 0) is 49.7 Å². The van der Waals surface area contributed by atoms with E-state index in [1.807, 2.05) is 54.4 Å². The third kappa shape index (κ3) is 3.46. The number of carbonyl (C=O) groups is 1. The van der Waals surface area contributed by atoms with Crippen LogP contribution in [0.5, 0.6) is 0 Å². The maximum absolute atomic E-state index is 13.1.